The molecular formula is C10H15N4+. The van der Waals surface area contributed by atoms with Crippen molar-refractivity contribution in [1.82, 2.24) is 14.8 Å². The first-order valence-corrected chi connectivity index (χ1v) is 4.71. The highest BCUT2D eigenvalue weighted by Gasteiger charge is 2.18. The molecule has 4 nitrogen and oxygen atoms in total. The summed E-state index contributed by atoms with van der Waals surface area (Å²) in [5.74, 6) is 1.89. The maximum atomic E-state index is 4.52. The molecule has 0 aliphatic carbocycles. The Labute approximate surface area is 83.2 Å². The van der Waals surface area contributed by atoms with E-state index in [1.54, 1.807) is 0 Å². The number of aryl methyl sites for hydroxylation is 4. The molecule has 0 atom stereocenters. The summed E-state index contributed by atoms with van der Waals surface area (Å²) in [4.78, 5) is 4.52. The molecule has 74 valence electrons. The first kappa shape index (κ1) is 9.12. The van der Waals surface area contributed by atoms with Crippen LogP contribution in [-0.2, 0) is 7.05 Å². The zero-order chi connectivity index (χ0) is 10.5. The van der Waals surface area contributed by atoms with Crippen LogP contribution in [0.3, 0.4) is 0 Å². The van der Waals surface area contributed by atoms with E-state index in [-0.39, 0.29) is 0 Å². The molecule has 2 aromatic rings. The Morgan fingerprint density at radius 3 is 2.43 bits per heavy atom. The molecule has 0 spiro atoms. The van der Waals surface area contributed by atoms with Crippen molar-refractivity contribution < 1.29 is 4.40 Å². The van der Waals surface area contributed by atoms with E-state index in [0.29, 0.717) is 0 Å². The summed E-state index contributed by atoms with van der Waals surface area (Å²) in [6.45, 7) is 8.23. The third kappa shape index (κ3) is 1.03. The summed E-state index contributed by atoms with van der Waals surface area (Å²) < 4.78 is 3.90. The normalized spacial score (nSPS) is 11.2. The molecule has 0 amide bonds. The van der Waals surface area contributed by atoms with E-state index in [1.807, 2.05) is 25.6 Å². The van der Waals surface area contributed by atoms with Crippen LogP contribution in [0.1, 0.15) is 22.8 Å². The highest BCUT2D eigenvalue weighted by molar-refractivity contribution is 5.27. The van der Waals surface area contributed by atoms with Crippen molar-refractivity contribution in [3.8, 4) is 0 Å². The summed E-state index contributed by atoms with van der Waals surface area (Å²) in [5, 5.41) is 4.35. The van der Waals surface area contributed by atoms with Crippen LogP contribution in [0.4, 0.5) is 0 Å². The molecule has 2 rings (SSSR count). The van der Waals surface area contributed by atoms with Crippen molar-refractivity contribution in [2.45, 2.75) is 27.7 Å². The molecule has 0 radical (unpaired) electrons. The van der Waals surface area contributed by atoms with Crippen molar-refractivity contribution in [1.29, 1.82) is 0 Å². The second-order valence-electron chi connectivity index (χ2n) is 3.71. The minimum Gasteiger partial charge on any atom is -0.192 e. The molecule has 0 aliphatic rings. The van der Waals surface area contributed by atoms with E-state index in [0.717, 1.165) is 17.3 Å². The molecule has 0 aromatic carbocycles. The summed E-state index contributed by atoms with van der Waals surface area (Å²) in [7, 11) is 1.92. The van der Waals surface area contributed by atoms with E-state index < -0.39 is 0 Å². The van der Waals surface area contributed by atoms with Gasteiger partial charge in [-0.25, -0.2) is 0 Å². The van der Waals surface area contributed by atoms with Gasteiger partial charge in [0.25, 0.3) is 0 Å². The lowest BCUT2D eigenvalue weighted by molar-refractivity contribution is -0.531. The minimum atomic E-state index is 0.906. The Morgan fingerprint density at radius 2 is 1.79 bits per heavy atom. The van der Waals surface area contributed by atoms with E-state index in [9.17, 15) is 0 Å². The molecule has 0 unspecified atom stereocenters. The second kappa shape index (κ2) is 2.77. The van der Waals surface area contributed by atoms with Gasteiger partial charge in [0, 0.05) is 12.5 Å². The fourth-order valence-electron chi connectivity index (χ4n) is 1.77. The molecule has 0 fully saturated rings. The Balaban J connectivity index is 3.01. The van der Waals surface area contributed by atoms with Gasteiger partial charge >= 0.3 is 5.78 Å². The zero-order valence-electron chi connectivity index (χ0n) is 9.29. The maximum absolute atomic E-state index is 4.52. The van der Waals surface area contributed by atoms with Gasteiger partial charge in [0.2, 0.25) is 5.82 Å². The van der Waals surface area contributed by atoms with Gasteiger partial charge < -0.3 is 0 Å². The Hall–Kier alpha value is -1.45. The minimum absolute atomic E-state index is 0.906. The number of nitrogens with zero attached hydrogens (tertiary/aromatic N) is 4. The van der Waals surface area contributed by atoms with Gasteiger partial charge in [-0.15, -0.1) is 9.67 Å². The Morgan fingerprint density at radius 1 is 1.14 bits per heavy atom. The number of aromatic nitrogens is 4. The predicted octanol–water partition coefficient (Wildman–Crippen LogP) is 0.787. The maximum Gasteiger partial charge on any atom is 0.386 e. The van der Waals surface area contributed by atoms with Crippen LogP contribution in [0.5, 0.6) is 0 Å². The molecule has 14 heavy (non-hydrogen) atoms. The molecule has 0 saturated heterocycles. The molecule has 2 aromatic heterocycles. The second-order valence-corrected chi connectivity index (χ2v) is 3.71. The molecule has 2 heterocycles. The number of rotatable bonds is 0. The van der Waals surface area contributed by atoms with Gasteiger partial charge in [0.1, 0.15) is 5.69 Å². The SMILES string of the molecule is Cc1nc2n(C)nc(C)[n+]2c(C)c1C. The van der Waals surface area contributed by atoms with Crippen LogP contribution in [0.25, 0.3) is 5.78 Å². The lowest BCUT2D eigenvalue weighted by atomic mass is 10.2. The monoisotopic (exact) mass is 191 g/mol. The lowest BCUT2D eigenvalue weighted by Crippen LogP contribution is -2.30. The summed E-state index contributed by atoms with van der Waals surface area (Å²) in [6, 6.07) is 0. The van der Waals surface area contributed by atoms with E-state index in [2.05, 4.69) is 28.3 Å². The zero-order valence-corrected chi connectivity index (χ0v) is 9.29. The van der Waals surface area contributed by atoms with Crippen molar-refractivity contribution in [3.63, 3.8) is 0 Å². The average molecular weight is 191 g/mol. The first-order valence-electron chi connectivity index (χ1n) is 4.71. The fraction of sp³-hybridized carbons (Fsp3) is 0.500. The van der Waals surface area contributed by atoms with Crippen LogP contribution >= 0.6 is 0 Å². The first-order chi connectivity index (χ1) is 6.52. The van der Waals surface area contributed by atoms with Gasteiger partial charge in [0.15, 0.2) is 0 Å². The molecule has 4 heteroatoms. The quantitative estimate of drug-likeness (QED) is 0.577. The van der Waals surface area contributed by atoms with Crippen molar-refractivity contribution >= 4 is 5.78 Å². The Kier molecular flexibility index (Phi) is 1.80. The average Bonchev–Trinajstić information content (AvgIpc) is 2.38. The van der Waals surface area contributed by atoms with E-state index in [1.165, 1.54) is 11.3 Å². The molecule has 0 bridgehead atoms. The standard InChI is InChI=1S/C10H15N4/c1-6-7(2)11-10-13(5)12-9(4)14(10)8(6)3/h1-5H3/q+1. The fourth-order valence-corrected chi connectivity index (χ4v) is 1.77. The van der Waals surface area contributed by atoms with Crippen LogP contribution in [0.15, 0.2) is 0 Å². The lowest BCUT2D eigenvalue weighted by Gasteiger charge is -2.01. The topological polar surface area (TPSA) is 34.8 Å². The molecule has 0 aliphatic heterocycles. The van der Waals surface area contributed by atoms with E-state index >= 15 is 0 Å². The number of hydrogen-bond acceptors (Lipinski definition) is 2. The predicted molar refractivity (Wildman–Crippen MR) is 53.1 cm³/mol. The van der Waals surface area contributed by atoms with Crippen LogP contribution in [0, 0.1) is 27.7 Å². The largest absolute Gasteiger partial charge is 0.386 e. The van der Waals surface area contributed by atoms with Gasteiger partial charge in [-0.3, -0.25) is 0 Å². The number of fused-ring (bicyclic) bond motifs is 1. The van der Waals surface area contributed by atoms with E-state index in [4.69, 9.17) is 0 Å². The van der Waals surface area contributed by atoms with Crippen LogP contribution in [0.2, 0.25) is 0 Å². The molecule has 0 N–H and O–H groups in total. The third-order valence-corrected chi connectivity index (χ3v) is 2.80. The summed E-state index contributed by atoms with van der Waals surface area (Å²) >= 11 is 0. The highest BCUT2D eigenvalue weighted by atomic mass is 15.4. The van der Waals surface area contributed by atoms with Gasteiger partial charge in [-0.05, 0) is 25.9 Å². The molecular weight excluding hydrogens is 176 g/mol. The highest BCUT2D eigenvalue weighted by Crippen LogP contribution is 2.07. The smallest absolute Gasteiger partial charge is 0.192 e. The van der Waals surface area contributed by atoms with Crippen molar-refractivity contribution in [2.24, 2.45) is 7.05 Å². The molecule has 0 saturated carbocycles. The van der Waals surface area contributed by atoms with Crippen molar-refractivity contribution in [3.05, 3.63) is 22.8 Å². The Bertz CT molecular complexity index is 511. The van der Waals surface area contributed by atoms with Crippen LogP contribution in [-0.4, -0.2) is 14.8 Å². The van der Waals surface area contributed by atoms with Gasteiger partial charge in [-0.1, -0.05) is 0 Å². The van der Waals surface area contributed by atoms with Gasteiger partial charge in [0.05, 0.1) is 12.7 Å². The third-order valence-electron chi connectivity index (χ3n) is 2.80. The summed E-state index contributed by atoms with van der Waals surface area (Å²) in [5.41, 5.74) is 3.53. The number of hydrogen-bond donors (Lipinski definition) is 0. The summed E-state index contributed by atoms with van der Waals surface area (Å²) in [6.07, 6.45) is 0. The van der Waals surface area contributed by atoms with Gasteiger partial charge in [-0.2, -0.15) is 4.40 Å². The van der Waals surface area contributed by atoms with Crippen molar-refractivity contribution in [2.75, 3.05) is 0 Å². The van der Waals surface area contributed by atoms with Crippen LogP contribution < -0.4 is 4.40 Å².